The maximum Gasteiger partial charge on any atom is 0.408 e. The smallest absolute Gasteiger partial charge is 0.389 e. The molecule has 2 aliphatic rings. The first-order valence-corrected chi connectivity index (χ1v) is 8.99. The molecule has 2 atom stereocenters. The first-order chi connectivity index (χ1) is 12.5. The summed E-state index contributed by atoms with van der Waals surface area (Å²) in [4.78, 5) is 19.9. The number of aliphatic hydroxyl groups is 1. The standard InChI is InChI=1S/C17H25F3N4O3/c1-11-9-27-7-6-22(11)13-8-14(25)23-5-4-12(17(18,19)20)24(15(23)21-13)10-16(2,3)26/h8,11-12,26H,4-7,9-10H2,1-3H3. The summed E-state index contributed by atoms with van der Waals surface area (Å²) in [5.74, 6) is 0.289. The predicted octanol–water partition coefficient (Wildman–Crippen LogP) is 1.38. The zero-order chi connectivity index (χ0) is 20.0. The molecule has 0 spiro atoms. The number of rotatable bonds is 3. The van der Waals surface area contributed by atoms with Gasteiger partial charge in [0.2, 0.25) is 5.95 Å². The topological polar surface area (TPSA) is 70.8 Å². The van der Waals surface area contributed by atoms with Crippen molar-refractivity contribution in [2.24, 2.45) is 0 Å². The largest absolute Gasteiger partial charge is 0.408 e. The Hall–Kier alpha value is -1.81. The van der Waals surface area contributed by atoms with Crippen LogP contribution in [0.2, 0.25) is 0 Å². The van der Waals surface area contributed by atoms with Gasteiger partial charge in [0.25, 0.3) is 5.56 Å². The molecule has 0 aromatic carbocycles. The van der Waals surface area contributed by atoms with Gasteiger partial charge in [0.15, 0.2) is 0 Å². The van der Waals surface area contributed by atoms with Gasteiger partial charge in [0.1, 0.15) is 11.9 Å². The Bertz CT molecular complexity index is 744. The first-order valence-electron chi connectivity index (χ1n) is 8.99. The molecule has 27 heavy (non-hydrogen) atoms. The highest BCUT2D eigenvalue weighted by atomic mass is 19.4. The van der Waals surface area contributed by atoms with Crippen LogP contribution in [0.4, 0.5) is 24.9 Å². The lowest BCUT2D eigenvalue weighted by molar-refractivity contribution is -0.154. The number of β-amino-alcohol motifs (C(OH)–C–C–N with tert-alkyl or cyclic N) is 1. The van der Waals surface area contributed by atoms with Gasteiger partial charge in [0.05, 0.1) is 24.9 Å². The first kappa shape index (κ1) is 19.9. The Morgan fingerprint density at radius 2 is 2.04 bits per heavy atom. The summed E-state index contributed by atoms with van der Waals surface area (Å²) in [6.07, 6.45) is -4.75. The van der Waals surface area contributed by atoms with Gasteiger partial charge in [0, 0.05) is 25.7 Å². The lowest BCUT2D eigenvalue weighted by Crippen LogP contribution is -2.56. The van der Waals surface area contributed by atoms with Gasteiger partial charge in [-0.2, -0.15) is 18.2 Å². The van der Waals surface area contributed by atoms with E-state index < -0.39 is 23.4 Å². The zero-order valence-electron chi connectivity index (χ0n) is 15.7. The van der Waals surface area contributed by atoms with Crippen molar-refractivity contribution in [2.45, 2.75) is 57.6 Å². The van der Waals surface area contributed by atoms with Crippen LogP contribution in [-0.2, 0) is 11.3 Å². The summed E-state index contributed by atoms with van der Waals surface area (Å²) in [5.41, 5.74) is -1.78. The van der Waals surface area contributed by atoms with Gasteiger partial charge in [-0.15, -0.1) is 0 Å². The molecule has 10 heteroatoms. The quantitative estimate of drug-likeness (QED) is 0.841. The number of hydrogen-bond acceptors (Lipinski definition) is 6. The Balaban J connectivity index is 2.08. The lowest BCUT2D eigenvalue weighted by Gasteiger charge is -2.42. The number of halogens is 3. The van der Waals surface area contributed by atoms with E-state index in [9.17, 15) is 23.1 Å². The van der Waals surface area contributed by atoms with E-state index in [0.717, 1.165) is 4.90 Å². The van der Waals surface area contributed by atoms with Gasteiger partial charge in [-0.1, -0.05) is 0 Å². The highest BCUT2D eigenvalue weighted by molar-refractivity contribution is 5.47. The summed E-state index contributed by atoms with van der Waals surface area (Å²) in [6.45, 7) is 5.85. The monoisotopic (exact) mass is 390 g/mol. The van der Waals surface area contributed by atoms with Crippen LogP contribution in [0, 0.1) is 0 Å². The molecule has 152 valence electrons. The van der Waals surface area contributed by atoms with Crippen molar-refractivity contribution in [3.63, 3.8) is 0 Å². The molecule has 3 heterocycles. The summed E-state index contributed by atoms with van der Waals surface area (Å²) in [6, 6.07) is -0.478. The van der Waals surface area contributed by atoms with E-state index >= 15 is 0 Å². The molecule has 1 N–H and O–H groups in total. The third kappa shape index (κ3) is 4.21. The predicted molar refractivity (Wildman–Crippen MR) is 94.2 cm³/mol. The third-order valence-electron chi connectivity index (χ3n) is 4.83. The van der Waals surface area contributed by atoms with Crippen molar-refractivity contribution >= 4 is 11.8 Å². The summed E-state index contributed by atoms with van der Waals surface area (Å²) < 4.78 is 47.5. The fourth-order valence-corrected chi connectivity index (χ4v) is 3.61. The van der Waals surface area contributed by atoms with E-state index in [4.69, 9.17) is 4.74 Å². The number of alkyl halides is 3. The minimum atomic E-state index is -4.49. The summed E-state index contributed by atoms with van der Waals surface area (Å²) >= 11 is 0. The average molecular weight is 390 g/mol. The van der Waals surface area contributed by atoms with E-state index in [1.165, 1.54) is 24.5 Å². The number of morpholine rings is 1. The molecule has 7 nitrogen and oxygen atoms in total. The molecule has 0 bridgehead atoms. The van der Waals surface area contributed by atoms with E-state index in [-0.39, 0.29) is 31.5 Å². The molecule has 1 saturated heterocycles. The molecule has 3 rings (SSSR count). The molecular weight excluding hydrogens is 365 g/mol. The molecule has 0 radical (unpaired) electrons. The number of nitrogens with zero attached hydrogens (tertiary/aromatic N) is 4. The maximum absolute atomic E-state index is 13.6. The SMILES string of the molecule is CC1COCCN1c1cc(=O)n2c(n1)N(CC(C)(C)O)C(C(F)(F)F)CC2. The van der Waals surface area contributed by atoms with Crippen LogP contribution in [-0.4, -0.2) is 64.8 Å². The van der Waals surface area contributed by atoms with Gasteiger partial charge < -0.3 is 19.6 Å². The molecule has 1 fully saturated rings. The molecule has 0 amide bonds. The fraction of sp³-hybridized carbons (Fsp3) is 0.765. The van der Waals surface area contributed by atoms with Crippen LogP contribution in [0.15, 0.2) is 10.9 Å². The number of hydrogen-bond donors (Lipinski definition) is 1. The van der Waals surface area contributed by atoms with Crippen molar-refractivity contribution in [1.82, 2.24) is 9.55 Å². The van der Waals surface area contributed by atoms with Gasteiger partial charge >= 0.3 is 6.18 Å². The third-order valence-corrected chi connectivity index (χ3v) is 4.83. The lowest BCUT2D eigenvalue weighted by atomic mass is 10.0. The molecular formula is C17H25F3N4O3. The Morgan fingerprint density at radius 3 is 2.63 bits per heavy atom. The molecule has 0 saturated carbocycles. The van der Waals surface area contributed by atoms with Crippen LogP contribution < -0.4 is 15.4 Å². The minimum Gasteiger partial charge on any atom is -0.389 e. The van der Waals surface area contributed by atoms with E-state index in [0.29, 0.717) is 25.6 Å². The highest BCUT2D eigenvalue weighted by Gasteiger charge is 2.48. The van der Waals surface area contributed by atoms with Crippen LogP contribution >= 0.6 is 0 Å². The molecule has 0 aliphatic carbocycles. The van der Waals surface area contributed by atoms with Crippen molar-refractivity contribution in [2.75, 3.05) is 36.1 Å². The fourth-order valence-electron chi connectivity index (χ4n) is 3.61. The maximum atomic E-state index is 13.6. The van der Waals surface area contributed by atoms with Gasteiger partial charge in [-0.3, -0.25) is 9.36 Å². The van der Waals surface area contributed by atoms with Crippen LogP contribution in [0.3, 0.4) is 0 Å². The number of anilines is 2. The van der Waals surface area contributed by atoms with Crippen LogP contribution in [0.1, 0.15) is 27.2 Å². The van der Waals surface area contributed by atoms with E-state index in [1.807, 2.05) is 11.8 Å². The van der Waals surface area contributed by atoms with Crippen molar-refractivity contribution < 1.29 is 23.0 Å². The van der Waals surface area contributed by atoms with Crippen molar-refractivity contribution in [3.8, 4) is 0 Å². The molecule has 1 aromatic rings. The summed E-state index contributed by atoms with van der Waals surface area (Å²) in [5, 5.41) is 10.2. The van der Waals surface area contributed by atoms with E-state index in [1.54, 1.807) is 0 Å². The van der Waals surface area contributed by atoms with Crippen molar-refractivity contribution in [1.29, 1.82) is 0 Å². The normalized spacial score (nSPS) is 24.1. The van der Waals surface area contributed by atoms with Crippen LogP contribution in [0.25, 0.3) is 0 Å². The Kier molecular flexibility index (Phi) is 5.15. The number of fused-ring (bicyclic) bond motifs is 1. The molecule has 2 aliphatic heterocycles. The Morgan fingerprint density at radius 1 is 1.33 bits per heavy atom. The number of aromatic nitrogens is 2. The second-order valence-electron chi connectivity index (χ2n) is 7.81. The van der Waals surface area contributed by atoms with E-state index in [2.05, 4.69) is 4.98 Å². The minimum absolute atomic E-state index is 0.0431. The van der Waals surface area contributed by atoms with Crippen LogP contribution in [0.5, 0.6) is 0 Å². The molecule has 2 unspecified atom stereocenters. The highest BCUT2D eigenvalue weighted by Crippen LogP contribution is 2.35. The second-order valence-corrected chi connectivity index (χ2v) is 7.81. The van der Waals surface area contributed by atoms with Gasteiger partial charge in [-0.25, -0.2) is 0 Å². The zero-order valence-corrected chi connectivity index (χ0v) is 15.7. The molecule has 1 aromatic heterocycles. The summed E-state index contributed by atoms with van der Waals surface area (Å²) in [7, 11) is 0. The van der Waals surface area contributed by atoms with Gasteiger partial charge in [-0.05, 0) is 27.2 Å². The average Bonchev–Trinajstić information content (AvgIpc) is 2.53. The Labute approximate surface area is 155 Å². The van der Waals surface area contributed by atoms with Crippen molar-refractivity contribution in [3.05, 3.63) is 16.4 Å². The second kappa shape index (κ2) is 6.97. The number of ether oxygens (including phenoxy) is 1.